The lowest BCUT2D eigenvalue weighted by Gasteiger charge is -2.40. The Morgan fingerprint density at radius 3 is 2.19 bits per heavy atom. The van der Waals surface area contributed by atoms with Crippen LogP contribution >= 0.6 is 0 Å². The zero-order chi connectivity index (χ0) is 11.4. The zero-order valence-electron chi connectivity index (χ0n) is 10.9. The van der Waals surface area contributed by atoms with Crippen molar-refractivity contribution in [2.75, 3.05) is 39.3 Å². The second-order valence-corrected chi connectivity index (χ2v) is 5.50. The van der Waals surface area contributed by atoms with Crippen LogP contribution in [0.4, 0.5) is 0 Å². The van der Waals surface area contributed by atoms with Gasteiger partial charge >= 0.3 is 0 Å². The van der Waals surface area contributed by atoms with Crippen molar-refractivity contribution in [3.8, 4) is 0 Å². The van der Waals surface area contributed by atoms with E-state index in [4.69, 9.17) is 0 Å². The van der Waals surface area contributed by atoms with Crippen molar-refractivity contribution in [1.82, 2.24) is 15.1 Å². The summed E-state index contributed by atoms with van der Waals surface area (Å²) in [6.07, 6.45) is 4.26. The third kappa shape index (κ3) is 3.19. The molecular formula is C13H27N3. The number of piperidine rings is 1. The van der Waals surface area contributed by atoms with Gasteiger partial charge in [0, 0.05) is 38.3 Å². The topological polar surface area (TPSA) is 18.5 Å². The van der Waals surface area contributed by atoms with E-state index in [2.05, 4.69) is 29.0 Å². The predicted molar refractivity (Wildman–Crippen MR) is 68.8 cm³/mol. The molecule has 0 aromatic carbocycles. The van der Waals surface area contributed by atoms with E-state index in [1.807, 2.05) is 0 Å². The van der Waals surface area contributed by atoms with Crippen LogP contribution in [0.15, 0.2) is 0 Å². The van der Waals surface area contributed by atoms with E-state index in [0.29, 0.717) is 12.1 Å². The maximum absolute atomic E-state index is 3.50. The van der Waals surface area contributed by atoms with Crippen LogP contribution in [-0.4, -0.2) is 61.2 Å². The molecule has 2 aliphatic rings. The van der Waals surface area contributed by atoms with Crippen LogP contribution in [0.2, 0.25) is 0 Å². The Morgan fingerprint density at radius 2 is 1.56 bits per heavy atom. The van der Waals surface area contributed by atoms with Crippen molar-refractivity contribution in [2.24, 2.45) is 0 Å². The SMILES string of the molecule is CC1CNCC(C)N1CCN1CCCCC1. The molecule has 2 aliphatic heterocycles. The first-order valence-electron chi connectivity index (χ1n) is 6.96. The van der Waals surface area contributed by atoms with Gasteiger partial charge in [-0.3, -0.25) is 4.90 Å². The van der Waals surface area contributed by atoms with Crippen LogP contribution in [0, 0.1) is 0 Å². The molecule has 0 spiro atoms. The lowest BCUT2D eigenvalue weighted by molar-refractivity contribution is 0.0943. The van der Waals surface area contributed by atoms with E-state index in [9.17, 15) is 0 Å². The Kier molecular flexibility index (Phi) is 4.62. The summed E-state index contributed by atoms with van der Waals surface area (Å²) in [5.41, 5.74) is 0. The molecule has 0 amide bonds. The molecular weight excluding hydrogens is 198 g/mol. The van der Waals surface area contributed by atoms with Gasteiger partial charge in [0.15, 0.2) is 0 Å². The lowest BCUT2D eigenvalue weighted by Crippen LogP contribution is -2.56. The molecule has 0 aromatic heterocycles. The molecule has 1 N–H and O–H groups in total. The molecule has 2 rings (SSSR count). The third-order valence-corrected chi connectivity index (χ3v) is 4.13. The molecule has 2 fully saturated rings. The van der Waals surface area contributed by atoms with Crippen molar-refractivity contribution in [1.29, 1.82) is 0 Å². The van der Waals surface area contributed by atoms with Gasteiger partial charge in [-0.15, -0.1) is 0 Å². The highest BCUT2D eigenvalue weighted by atomic mass is 15.3. The van der Waals surface area contributed by atoms with Crippen LogP contribution in [-0.2, 0) is 0 Å². The van der Waals surface area contributed by atoms with Gasteiger partial charge in [0.2, 0.25) is 0 Å². The highest BCUT2D eigenvalue weighted by Gasteiger charge is 2.24. The van der Waals surface area contributed by atoms with Crippen molar-refractivity contribution in [2.45, 2.75) is 45.2 Å². The van der Waals surface area contributed by atoms with Crippen LogP contribution in [0.25, 0.3) is 0 Å². The third-order valence-electron chi connectivity index (χ3n) is 4.13. The zero-order valence-corrected chi connectivity index (χ0v) is 10.9. The summed E-state index contributed by atoms with van der Waals surface area (Å²) in [5.74, 6) is 0. The molecule has 2 heterocycles. The number of hydrogen-bond donors (Lipinski definition) is 1. The van der Waals surface area contributed by atoms with Crippen LogP contribution in [0.1, 0.15) is 33.1 Å². The summed E-state index contributed by atoms with van der Waals surface area (Å²) in [6, 6.07) is 1.40. The molecule has 0 bridgehead atoms. The molecule has 3 nitrogen and oxygen atoms in total. The summed E-state index contributed by atoms with van der Waals surface area (Å²) >= 11 is 0. The molecule has 16 heavy (non-hydrogen) atoms. The normalized spacial score (nSPS) is 34.1. The number of rotatable bonds is 3. The number of hydrogen-bond acceptors (Lipinski definition) is 3. The largest absolute Gasteiger partial charge is 0.314 e. The summed E-state index contributed by atoms with van der Waals surface area (Å²) < 4.78 is 0. The van der Waals surface area contributed by atoms with E-state index in [-0.39, 0.29) is 0 Å². The summed E-state index contributed by atoms with van der Waals surface area (Å²) in [6.45, 7) is 12.2. The van der Waals surface area contributed by atoms with E-state index in [1.165, 1.54) is 45.4 Å². The fraction of sp³-hybridized carbons (Fsp3) is 1.00. The maximum atomic E-state index is 3.50. The minimum absolute atomic E-state index is 0.702. The monoisotopic (exact) mass is 225 g/mol. The van der Waals surface area contributed by atoms with Crippen molar-refractivity contribution in [3.05, 3.63) is 0 Å². The van der Waals surface area contributed by atoms with Gasteiger partial charge in [0.05, 0.1) is 0 Å². The number of likely N-dealkylation sites (tertiary alicyclic amines) is 1. The molecule has 0 saturated carbocycles. The number of nitrogens with one attached hydrogen (secondary N) is 1. The number of nitrogens with zero attached hydrogens (tertiary/aromatic N) is 2. The van der Waals surface area contributed by atoms with Crippen molar-refractivity contribution < 1.29 is 0 Å². The van der Waals surface area contributed by atoms with Crippen LogP contribution in [0.5, 0.6) is 0 Å². The Hall–Kier alpha value is -0.120. The molecule has 2 saturated heterocycles. The first-order valence-corrected chi connectivity index (χ1v) is 6.96. The van der Waals surface area contributed by atoms with E-state index < -0.39 is 0 Å². The average molecular weight is 225 g/mol. The lowest BCUT2D eigenvalue weighted by atomic mass is 10.1. The first kappa shape index (κ1) is 12.3. The summed E-state index contributed by atoms with van der Waals surface area (Å²) in [4.78, 5) is 5.32. The van der Waals surface area contributed by atoms with Gasteiger partial charge in [0.25, 0.3) is 0 Å². The quantitative estimate of drug-likeness (QED) is 0.777. The number of piperazine rings is 1. The fourth-order valence-corrected chi connectivity index (χ4v) is 3.05. The summed E-state index contributed by atoms with van der Waals surface area (Å²) in [7, 11) is 0. The summed E-state index contributed by atoms with van der Waals surface area (Å²) in [5, 5.41) is 3.50. The Bertz CT molecular complexity index is 191. The molecule has 0 aliphatic carbocycles. The minimum Gasteiger partial charge on any atom is -0.314 e. The fourth-order valence-electron chi connectivity index (χ4n) is 3.05. The van der Waals surface area contributed by atoms with Gasteiger partial charge in [-0.05, 0) is 39.8 Å². The molecule has 94 valence electrons. The standard InChI is InChI=1S/C13H27N3/c1-12-10-14-11-13(2)16(12)9-8-15-6-4-3-5-7-15/h12-14H,3-11H2,1-2H3. The highest BCUT2D eigenvalue weighted by molar-refractivity contribution is 4.83. The maximum Gasteiger partial charge on any atom is 0.0196 e. The van der Waals surface area contributed by atoms with E-state index >= 15 is 0 Å². The van der Waals surface area contributed by atoms with E-state index in [0.717, 1.165) is 13.1 Å². The van der Waals surface area contributed by atoms with Gasteiger partial charge in [-0.1, -0.05) is 6.42 Å². The Labute approximate surface area is 100 Å². The Morgan fingerprint density at radius 1 is 0.938 bits per heavy atom. The Balaban J connectivity index is 1.74. The average Bonchev–Trinajstić information content (AvgIpc) is 2.30. The molecule has 0 aromatic rings. The van der Waals surface area contributed by atoms with E-state index in [1.54, 1.807) is 0 Å². The van der Waals surface area contributed by atoms with Gasteiger partial charge < -0.3 is 10.2 Å². The molecule has 3 heteroatoms. The van der Waals surface area contributed by atoms with Crippen LogP contribution in [0.3, 0.4) is 0 Å². The van der Waals surface area contributed by atoms with Gasteiger partial charge in [0.1, 0.15) is 0 Å². The van der Waals surface area contributed by atoms with Gasteiger partial charge in [-0.2, -0.15) is 0 Å². The molecule has 0 radical (unpaired) electrons. The predicted octanol–water partition coefficient (Wildman–Crippen LogP) is 1.15. The minimum atomic E-state index is 0.702. The second kappa shape index (κ2) is 5.99. The second-order valence-electron chi connectivity index (χ2n) is 5.50. The van der Waals surface area contributed by atoms with Crippen molar-refractivity contribution in [3.63, 3.8) is 0 Å². The molecule has 2 unspecified atom stereocenters. The molecule has 2 atom stereocenters. The highest BCUT2D eigenvalue weighted by Crippen LogP contribution is 2.12. The van der Waals surface area contributed by atoms with Crippen LogP contribution < -0.4 is 5.32 Å². The first-order chi connectivity index (χ1) is 7.77. The van der Waals surface area contributed by atoms with Gasteiger partial charge in [-0.25, -0.2) is 0 Å². The van der Waals surface area contributed by atoms with Crippen molar-refractivity contribution >= 4 is 0 Å². The smallest absolute Gasteiger partial charge is 0.0196 e.